The van der Waals surface area contributed by atoms with E-state index in [0.717, 1.165) is 16.2 Å². The number of β-amino-alcohol motifs (C(OH)–C–C–N with tert-alkyl or cyclic N) is 1. The Morgan fingerprint density at radius 1 is 1.12 bits per heavy atom. The average molecular weight is 345 g/mol. The third kappa shape index (κ3) is 4.21. The SMILES string of the molecule is O=C(O)N1CC(O)C(Sc2ccc(OCc3ccccc3)cc2)C1. The van der Waals surface area contributed by atoms with Crippen LogP contribution >= 0.6 is 11.8 Å². The van der Waals surface area contributed by atoms with Crippen molar-refractivity contribution in [1.29, 1.82) is 0 Å². The fourth-order valence-electron chi connectivity index (χ4n) is 2.56. The number of hydrogen-bond donors (Lipinski definition) is 2. The minimum Gasteiger partial charge on any atom is -0.489 e. The van der Waals surface area contributed by atoms with Gasteiger partial charge in [0.2, 0.25) is 0 Å². The number of amides is 1. The van der Waals surface area contributed by atoms with E-state index in [9.17, 15) is 9.90 Å². The molecule has 6 heteroatoms. The van der Waals surface area contributed by atoms with Gasteiger partial charge in [-0.3, -0.25) is 0 Å². The molecule has 2 aromatic rings. The van der Waals surface area contributed by atoms with Gasteiger partial charge >= 0.3 is 6.09 Å². The summed E-state index contributed by atoms with van der Waals surface area (Å²) in [6.45, 7) is 1.03. The van der Waals surface area contributed by atoms with Gasteiger partial charge in [0.1, 0.15) is 12.4 Å². The van der Waals surface area contributed by atoms with Gasteiger partial charge < -0.3 is 19.8 Å². The Kier molecular flexibility index (Phi) is 5.27. The molecule has 1 saturated heterocycles. The van der Waals surface area contributed by atoms with Gasteiger partial charge in [0.15, 0.2) is 0 Å². The molecule has 2 unspecified atom stereocenters. The Labute approximate surface area is 144 Å². The first kappa shape index (κ1) is 16.7. The number of thioether (sulfide) groups is 1. The largest absolute Gasteiger partial charge is 0.489 e. The lowest BCUT2D eigenvalue weighted by atomic mass is 10.2. The second-order valence-electron chi connectivity index (χ2n) is 5.66. The number of nitrogens with zero attached hydrogens (tertiary/aromatic N) is 1. The molecule has 0 radical (unpaired) electrons. The molecule has 5 nitrogen and oxygen atoms in total. The van der Waals surface area contributed by atoms with Crippen LogP contribution in [0.4, 0.5) is 4.79 Å². The van der Waals surface area contributed by atoms with Crippen LogP contribution in [0.3, 0.4) is 0 Å². The molecule has 3 rings (SSSR count). The van der Waals surface area contributed by atoms with Crippen molar-refractivity contribution in [3.63, 3.8) is 0 Å². The average Bonchev–Trinajstić information content (AvgIpc) is 2.96. The van der Waals surface area contributed by atoms with E-state index < -0.39 is 12.2 Å². The molecule has 2 N–H and O–H groups in total. The van der Waals surface area contributed by atoms with Crippen LogP contribution < -0.4 is 4.74 Å². The minimum absolute atomic E-state index is 0.141. The maximum Gasteiger partial charge on any atom is 0.407 e. The van der Waals surface area contributed by atoms with Crippen LogP contribution in [-0.2, 0) is 6.61 Å². The number of carbonyl (C=O) groups is 1. The van der Waals surface area contributed by atoms with E-state index in [0.29, 0.717) is 13.2 Å². The molecule has 0 aliphatic carbocycles. The number of ether oxygens (including phenoxy) is 1. The summed E-state index contributed by atoms with van der Waals surface area (Å²) >= 11 is 1.49. The van der Waals surface area contributed by atoms with E-state index in [1.54, 1.807) is 0 Å². The Morgan fingerprint density at radius 3 is 2.46 bits per heavy atom. The fourth-order valence-corrected chi connectivity index (χ4v) is 3.70. The predicted octanol–water partition coefficient (Wildman–Crippen LogP) is 3.08. The molecule has 126 valence electrons. The molecule has 1 amide bonds. The normalized spacial score (nSPS) is 20.1. The highest BCUT2D eigenvalue weighted by Crippen LogP contribution is 2.31. The van der Waals surface area contributed by atoms with Gasteiger partial charge in [0.05, 0.1) is 17.9 Å². The molecule has 1 heterocycles. The molecular weight excluding hydrogens is 326 g/mol. The monoisotopic (exact) mass is 345 g/mol. The summed E-state index contributed by atoms with van der Waals surface area (Å²) in [5, 5.41) is 18.8. The summed E-state index contributed by atoms with van der Waals surface area (Å²) in [6.07, 6.45) is -1.62. The summed E-state index contributed by atoms with van der Waals surface area (Å²) in [4.78, 5) is 13.2. The van der Waals surface area contributed by atoms with Gasteiger partial charge in [0.25, 0.3) is 0 Å². The fraction of sp³-hybridized carbons (Fsp3) is 0.278. The molecule has 0 aromatic heterocycles. The van der Waals surface area contributed by atoms with Crippen LogP contribution in [0.25, 0.3) is 0 Å². The molecule has 1 fully saturated rings. The molecule has 2 aromatic carbocycles. The lowest BCUT2D eigenvalue weighted by Crippen LogP contribution is -2.27. The van der Waals surface area contributed by atoms with Crippen LogP contribution in [0.15, 0.2) is 59.5 Å². The van der Waals surface area contributed by atoms with Crippen molar-refractivity contribution < 1.29 is 19.7 Å². The maximum absolute atomic E-state index is 11.0. The Hall–Kier alpha value is -2.18. The zero-order chi connectivity index (χ0) is 16.9. The van der Waals surface area contributed by atoms with Gasteiger partial charge in [-0.2, -0.15) is 0 Å². The van der Waals surface area contributed by atoms with E-state index in [-0.39, 0.29) is 11.8 Å². The van der Waals surface area contributed by atoms with Crippen LogP contribution in [0.5, 0.6) is 5.75 Å². The number of rotatable bonds is 5. The van der Waals surface area contributed by atoms with Crippen molar-refractivity contribution in [3.8, 4) is 5.75 Å². The highest BCUT2D eigenvalue weighted by Gasteiger charge is 2.34. The third-order valence-corrected chi connectivity index (χ3v) is 5.18. The molecule has 1 aliphatic rings. The van der Waals surface area contributed by atoms with Gasteiger partial charge in [-0.1, -0.05) is 30.3 Å². The molecule has 0 spiro atoms. The van der Waals surface area contributed by atoms with E-state index in [1.165, 1.54) is 16.7 Å². The minimum atomic E-state index is -0.984. The third-order valence-electron chi connectivity index (χ3n) is 3.87. The first-order valence-corrected chi connectivity index (χ1v) is 8.59. The quantitative estimate of drug-likeness (QED) is 0.871. The first-order valence-electron chi connectivity index (χ1n) is 7.71. The van der Waals surface area contributed by atoms with Gasteiger partial charge in [-0.05, 0) is 29.8 Å². The molecule has 2 atom stereocenters. The predicted molar refractivity (Wildman–Crippen MR) is 92.5 cm³/mol. The number of aliphatic hydroxyl groups is 1. The first-order chi connectivity index (χ1) is 11.6. The summed E-state index contributed by atoms with van der Waals surface area (Å²) in [6, 6.07) is 17.6. The van der Waals surface area contributed by atoms with Crippen molar-refractivity contribution in [1.82, 2.24) is 4.90 Å². The van der Waals surface area contributed by atoms with Gasteiger partial charge in [-0.15, -0.1) is 11.8 Å². The number of aliphatic hydroxyl groups excluding tert-OH is 1. The number of carboxylic acid groups (broad SMARTS) is 1. The summed E-state index contributed by atoms with van der Waals surface area (Å²) < 4.78 is 5.74. The lowest BCUT2D eigenvalue weighted by Gasteiger charge is -2.13. The van der Waals surface area contributed by atoms with Crippen molar-refractivity contribution in [2.75, 3.05) is 13.1 Å². The lowest BCUT2D eigenvalue weighted by molar-refractivity contribution is 0.140. The Balaban J connectivity index is 1.54. The zero-order valence-electron chi connectivity index (χ0n) is 13.0. The molecule has 1 aliphatic heterocycles. The second-order valence-corrected chi connectivity index (χ2v) is 6.97. The molecule has 0 saturated carbocycles. The highest BCUT2D eigenvalue weighted by atomic mass is 32.2. The van der Waals surface area contributed by atoms with E-state index >= 15 is 0 Å². The summed E-state index contributed by atoms with van der Waals surface area (Å²) in [7, 11) is 0. The maximum atomic E-state index is 11.0. The Bertz CT molecular complexity index is 677. The standard InChI is InChI=1S/C18H19NO4S/c20-16-10-19(18(21)22)11-17(16)24-15-8-6-14(7-9-15)23-12-13-4-2-1-3-5-13/h1-9,16-17,20H,10-12H2,(H,21,22). The van der Waals surface area contributed by atoms with E-state index in [2.05, 4.69) is 0 Å². The van der Waals surface area contributed by atoms with Crippen LogP contribution in [0.1, 0.15) is 5.56 Å². The Morgan fingerprint density at radius 2 is 1.83 bits per heavy atom. The van der Waals surface area contributed by atoms with Crippen LogP contribution in [0, 0.1) is 0 Å². The van der Waals surface area contributed by atoms with Crippen LogP contribution in [0.2, 0.25) is 0 Å². The van der Waals surface area contributed by atoms with Crippen LogP contribution in [-0.4, -0.2) is 45.6 Å². The summed E-state index contributed by atoms with van der Waals surface area (Å²) in [5.41, 5.74) is 1.11. The van der Waals surface area contributed by atoms with Crippen molar-refractivity contribution in [2.24, 2.45) is 0 Å². The second kappa shape index (κ2) is 7.59. The van der Waals surface area contributed by atoms with Crippen molar-refractivity contribution >= 4 is 17.9 Å². The van der Waals surface area contributed by atoms with Crippen molar-refractivity contribution in [3.05, 3.63) is 60.2 Å². The topological polar surface area (TPSA) is 70.0 Å². The molecular formula is C18H19NO4S. The number of benzene rings is 2. The smallest absolute Gasteiger partial charge is 0.407 e. The number of hydrogen-bond acceptors (Lipinski definition) is 4. The van der Waals surface area contributed by atoms with E-state index in [1.807, 2.05) is 54.6 Å². The highest BCUT2D eigenvalue weighted by molar-refractivity contribution is 8.00. The van der Waals surface area contributed by atoms with E-state index in [4.69, 9.17) is 9.84 Å². The summed E-state index contributed by atoms with van der Waals surface area (Å²) in [5.74, 6) is 0.780. The molecule has 0 bridgehead atoms. The van der Waals surface area contributed by atoms with Gasteiger partial charge in [0, 0.05) is 11.4 Å². The zero-order valence-corrected chi connectivity index (χ0v) is 13.9. The van der Waals surface area contributed by atoms with Gasteiger partial charge in [-0.25, -0.2) is 4.79 Å². The molecule has 24 heavy (non-hydrogen) atoms. The van der Waals surface area contributed by atoms with Crippen molar-refractivity contribution in [2.45, 2.75) is 22.9 Å². The number of likely N-dealkylation sites (tertiary alicyclic amines) is 1.